The number of hydrogen-bond acceptors (Lipinski definition) is 4. The Kier molecular flexibility index (Phi) is 5.17. The van der Waals surface area contributed by atoms with Crippen LogP contribution in [0.1, 0.15) is 33.6 Å². The van der Waals surface area contributed by atoms with Crippen LogP contribution in [0.4, 0.5) is 13.6 Å². The molecule has 1 aromatic rings. The molecule has 0 unspecified atom stereocenters. The summed E-state index contributed by atoms with van der Waals surface area (Å²) in [6.45, 7) is 5.74. The van der Waals surface area contributed by atoms with Gasteiger partial charge in [0.15, 0.2) is 21.5 Å². The molecule has 1 aromatic carbocycles. The van der Waals surface area contributed by atoms with E-state index in [2.05, 4.69) is 0 Å². The summed E-state index contributed by atoms with van der Waals surface area (Å²) in [4.78, 5) is 13.2. The van der Waals surface area contributed by atoms with E-state index >= 15 is 0 Å². The predicted molar refractivity (Wildman–Crippen MR) is 84.4 cm³/mol. The summed E-state index contributed by atoms with van der Waals surface area (Å²) in [6, 6.07) is 2.57. The molecule has 2 rings (SSSR count). The van der Waals surface area contributed by atoms with Crippen molar-refractivity contribution in [1.82, 2.24) is 4.90 Å². The quantitative estimate of drug-likeness (QED) is 0.759. The van der Waals surface area contributed by atoms with Crippen LogP contribution in [0.5, 0.6) is 0 Å². The minimum absolute atomic E-state index is 0.223. The standard InChI is InChI=1S/C16H21F2NO4S/c1-16(2,3)23-15(20)19-8-6-11(7-9-19)24(21,22)12-4-5-13(17)14(18)10-12/h4-5,10-11H,6-9H2,1-3H3. The van der Waals surface area contributed by atoms with E-state index in [1.165, 1.54) is 4.90 Å². The zero-order chi connectivity index (χ0) is 18.1. The molecule has 1 aliphatic heterocycles. The van der Waals surface area contributed by atoms with Crippen LogP contribution in [0, 0.1) is 11.6 Å². The average molecular weight is 361 g/mol. The van der Waals surface area contributed by atoms with Gasteiger partial charge in [-0.2, -0.15) is 0 Å². The first-order valence-corrected chi connectivity index (χ1v) is 9.22. The summed E-state index contributed by atoms with van der Waals surface area (Å²) in [5.74, 6) is -2.28. The molecule has 0 N–H and O–H groups in total. The molecular formula is C16H21F2NO4S. The summed E-state index contributed by atoms with van der Waals surface area (Å²) in [5, 5.41) is -0.735. The van der Waals surface area contributed by atoms with Crippen molar-refractivity contribution >= 4 is 15.9 Å². The van der Waals surface area contributed by atoms with Gasteiger partial charge in [0.2, 0.25) is 0 Å². The van der Waals surface area contributed by atoms with Gasteiger partial charge in [0.1, 0.15) is 5.60 Å². The highest BCUT2D eigenvalue weighted by atomic mass is 32.2. The van der Waals surface area contributed by atoms with Crippen LogP contribution in [0.25, 0.3) is 0 Å². The Balaban J connectivity index is 2.05. The Labute approximate surface area is 140 Å². The van der Waals surface area contributed by atoms with E-state index in [1.54, 1.807) is 20.8 Å². The van der Waals surface area contributed by atoms with Gasteiger partial charge in [0.05, 0.1) is 10.1 Å². The molecule has 1 amide bonds. The van der Waals surface area contributed by atoms with E-state index in [0.717, 1.165) is 12.1 Å². The Morgan fingerprint density at radius 3 is 2.25 bits per heavy atom. The van der Waals surface area contributed by atoms with Gasteiger partial charge in [-0.1, -0.05) is 0 Å². The molecule has 1 fully saturated rings. The minimum Gasteiger partial charge on any atom is -0.444 e. The molecule has 24 heavy (non-hydrogen) atoms. The highest BCUT2D eigenvalue weighted by molar-refractivity contribution is 7.92. The fourth-order valence-electron chi connectivity index (χ4n) is 2.52. The summed E-state index contributed by atoms with van der Waals surface area (Å²) in [7, 11) is -3.77. The third kappa shape index (κ3) is 4.23. The first kappa shape index (κ1) is 18.6. The van der Waals surface area contributed by atoms with Gasteiger partial charge >= 0.3 is 6.09 Å². The minimum atomic E-state index is -3.77. The number of carbonyl (C=O) groups is 1. The van der Waals surface area contributed by atoms with Crippen LogP contribution in [0.3, 0.4) is 0 Å². The lowest BCUT2D eigenvalue weighted by Gasteiger charge is -2.33. The lowest BCUT2D eigenvalue weighted by Crippen LogP contribution is -2.44. The number of likely N-dealkylation sites (tertiary alicyclic amines) is 1. The van der Waals surface area contributed by atoms with E-state index < -0.39 is 38.4 Å². The highest BCUT2D eigenvalue weighted by Gasteiger charge is 2.34. The number of benzene rings is 1. The normalized spacial score (nSPS) is 17.0. The van der Waals surface area contributed by atoms with Gasteiger partial charge in [-0.25, -0.2) is 22.0 Å². The predicted octanol–water partition coefficient (Wildman–Crippen LogP) is 3.14. The average Bonchev–Trinajstić information content (AvgIpc) is 2.48. The Bertz CT molecular complexity index is 720. The lowest BCUT2D eigenvalue weighted by atomic mass is 10.1. The number of ether oxygens (including phenoxy) is 1. The van der Waals surface area contributed by atoms with E-state index in [0.29, 0.717) is 6.07 Å². The van der Waals surface area contributed by atoms with Crippen molar-refractivity contribution in [3.63, 3.8) is 0 Å². The molecular weight excluding hydrogens is 340 g/mol. The van der Waals surface area contributed by atoms with Gasteiger partial charge in [0.25, 0.3) is 0 Å². The molecule has 8 heteroatoms. The van der Waals surface area contributed by atoms with E-state index in [4.69, 9.17) is 4.74 Å². The zero-order valence-corrected chi connectivity index (χ0v) is 14.7. The van der Waals surface area contributed by atoms with Crippen molar-refractivity contribution in [2.45, 2.75) is 49.4 Å². The van der Waals surface area contributed by atoms with Crippen molar-refractivity contribution in [3.05, 3.63) is 29.8 Å². The molecule has 134 valence electrons. The van der Waals surface area contributed by atoms with E-state index in [1.807, 2.05) is 0 Å². The molecule has 1 saturated heterocycles. The number of rotatable bonds is 2. The largest absolute Gasteiger partial charge is 0.444 e. The molecule has 0 radical (unpaired) electrons. The van der Waals surface area contributed by atoms with Gasteiger partial charge in [-0.3, -0.25) is 0 Å². The Hall–Kier alpha value is -1.70. The third-order valence-electron chi connectivity index (χ3n) is 3.75. The second-order valence-electron chi connectivity index (χ2n) is 6.79. The molecule has 0 saturated carbocycles. The fraction of sp³-hybridized carbons (Fsp3) is 0.562. The summed E-state index contributed by atoms with van der Waals surface area (Å²) >= 11 is 0. The van der Waals surface area contributed by atoms with Gasteiger partial charge in [-0.05, 0) is 51.8 Å². The molecule has 1 heterocycles. The molecule has 0 atom stereocenters. The fourth-order valence-corrected chi connectivity index (χ4v) is 4.26. The highest BCUT2D eigenvalue weighted by Crippen LogP contribution is 2.26. The first-order valence-electron chi connectivity index (χ1n) is 7.67. The monoisotopic (exact) mass is 361 g/mol. The molecule has 0 spiro atoms. The number of nitrogens with zero attached hydrogens (tertiary/aromatic N) is 1. The van der Waals surface area contributed by atoms with Crippen LogP contribution in [0.2, 0.25) is 0 Å². The van der Waals surface area contributed by atoms with E-state index in [9.17, 15) is 22.0 Å². The second-order valence-corrected chi connectivity index (χ2v) is 9.02. The van der Waals surface area contributed by atoms with Crippen LogP contribution in [0.15, 0.2) is 23.1 Å². The Morgan fingerprint density at radius 1 is 1.17 bits per heavy atom. The van der Waals surface area contributed by atoms with Crippen LogP contribution >= 0.6 is 0 Å². The van der Waals surface area contributed by atoms with Gasteiger partial charge in [0, 0.05) is 13.1 Å². The number of halogens is 2. The number of sulfone groups is 1. The molecule has 5 nitrogen and oxygen atoms in total. The van der Waals surface area contributed by atoms with Crippen molar-refractivity contribution < 1.29 is 26.7 Å². The smallest absolute Gasteiger partial charge is 0.410 e. The van der Waals surface area contributed by atoms with Crippen molar-refractivity contribution in [3.8, 4) is 0 Å². The number of carbonyl (C=O) groups excluding carboxylic acids is 1. The van der Waals surface area contributed by atoms with Crippen LogP contribution in [-0.2, 0) is 14.6 Å². The maximum absolute atomic E-state index is 13.3. The molecule has 0 bridgehead atoms. The number of hydrogen-bond donors (Lipinski definition) is 0. The molecule has 0 aliphatic carbocycles. The third-order valence-corrected chi connectivity index (χ3v) is 6.01. The van der Waals surface area contributed by atoms with Crippen LogP contribution in [-0.4, -0.2) is 43.4 Å². The maximum Gasteiger partial charge on any atom is 0.410 e. The van der Waals surface area contributed by atoms with Crippen molar-refractivity contribution in [2.24, 2.45) is 0 Å². The summed E-state index contributed by atoms with van der Waals surface area (Å²) in [6.07, 6.45) is -0.0348. The van der Waals surface area contributed by atoms with Gasteiger partial charge in [-0.15, -0.1) is 0 Å². The number of amides is 1. The zero-order valence-electron chi connectivity index (χ0n) is 13.9. The Morgan fingerprint density at radius 2 is 1.75 bits per heavy atom. The molecule has 1 aliphatic rings. The van der Waals surface area contributed by atoms with Crippen LogP contribution < -0.4 is 0 Å². The maximum atomic E-state index is 13.3. The van der Waals surface area contributed by atoms with E-state index in [-0.39, 0.29) is 30.8 Å². The summed E-state index contributed by atoms with van der Waals surface area (Å²) < 4.78 is 56.6. The summed E-state index contributed by atoms with van der Waals surface area (Å²) in [5.41, 5.74) is -0.619. The van der Waals surface area contributed by atoms with Gasteiger partial charge < -0.3 is 9.64 Å². The topological polar surface area (TPSA) is 63.7 Å². The van der Waals surface area contributed by atoms with Crippen molar-refractivity contribution in [1.29, 1.82) is 0 Å². The first-order chi connectivity index (χ1) is 11.0. The lowest BCUT2D eigenvalue weighted by molar-refractivity contribution is 0.0217. The molecule has 0 aromatic heterocycles. The SMILES string of the molecule is CC(C)(C)OC(=O)N1CCC(S(=O)(=O)c2ccc(F)c(F)c2)CC1. The van der Waals surface area contributed by atoms with Crippen molar-refractivity contribution in [2.75, 3.05) is 13.1 Å². The second kappa shape index (κ2) is 6.66. The number of piperidine rings is 1.